The van der Waals surface area contributed by atoms with Gasteiger partial charge in [0.15, 0.2) is 0 Å². The molecule has 0 aromatic rings. The van der Waals surface area contributed by atoms with E-state index in [1.165, 1.54) is 26.2 Å². The molecule has 0 saturated heterocycles. The number of carbonyl (C=O) groups is 2. The van der Waals surface area contributed by atoms with Gasteiger partial charge in [0, 0.05) is 6.42 Å². The van der Waals surface area contributed by atoms with Gasteiger partial charge in [0.25, 0.3) is 0 Å². The van der Waals surface area contributed by atoms with Crippen LogP contribution in [0.15, 0.2) is 12.7 Å². The predicted octanol–water partition coefficient (Wildman–Crippen LogP) is 1.55. The van der Waals surface area contributed by atoms with E-state index in [4.69, 9.17) is 0 Å². The van der Waals surface area contributed by atoms with Crippen molar-refractivity contribution in [3.8, 4) is 0 Å². The molecule has 0 rings (SSSR count). The van der Waals surface area contributed by atoms with Crippen LogP contribution in [0.4, 0.5) is 0 Å². The molecule has 0 aliphatic carbocycles. The fourth-order valence-electron chi connectivity index (χ4n) is 1.65. The highest BCUT2D eigenvalue weighted by Gasteiger charge is 2.06. The lowest BCUT2D eigenvalue weighted by Gasteiger charge is -2.14. The van der Waals surface area contributed by atoms with Crippen molar-refractivity contribution in [2.75, 3.05) is 0 Å². The Hall–Kier alpha value is -1.32. The molecule has 0 aromatic carbocycles. The summed E-state index contributed by atoms with van der Waals surface area (Å²) < 4.78 is 0. The number of amides is 1. The lowest BCUT2D eigenvalue weighted by atomic mass is 10.1. The van der Waals surface area contributed by atoms with E-state index in [2.05, 4.69) is 11.9 Å². The number of allylic oxidation sites excluding steroid dienone is 1. The van der Waals surface area contributed by atoms with Gasteiger partial charge in [-0.15, -0.1) is 6.58 Å². The van der Waals surface area contributed by atoms with Crippen molar-refractivity contribution in [2.45, 2.75) is 64.3 Å². The second-order valence-corrected chi connectivity index (χ2v) is 4.56. The molecule has 18 heavy (non-hydrogen) atoms. The highest BCUT2D eigenvalue weighted by atomic mass is 16.4. The summed E-state index contributed by atoms with van der Waals surface area (Å²) in [6, 6.07) is -0.906. The van der Waals surface area contributed by atoms with Gasteiger partial charge in [-0.3, -0.25) is 4.79 Å². The molecule has 104 valence electrons. The molecule has 0 heterocycles. The van der Waals surface area contributed by atoms with Crippen LogP contribution in [0.25, 0.3) is 0 Å². The summed E-state index contributed by atoms with van der Waals surface area (Å²) >= 11 is 0. The van der Waals surface area contributed by atoms with Crippen LogP contribution < -0.4 is 10.4 Å². The first-order valence-electron chi connectivity index (χ1n) is 6.69. The van der Waals surface area contributed by atoms with Gasteiger partial charge < -0.3 is 15.2 Å². The van der Waals surface area contributed by atoms with Crippen LogP contribution in [0.5, 0.6) is 0 Å². The Balaban J connectivity index is 3.35. The number of nitrogens with one attached hydrogen (secondary N) is 1. The van der Waals surface area contributed by atoms with Crippen LogP contribution in [0.1, 0.15) is 58.3 Å². The number of unbranched alkanes of at least 4 members (excludes halogenated alkanes) is 6. The summed E-state index contributed by atoms with van der Waals surface area (Å²) in [5, 5.41) is 12.8. The van der Waals surface area contributed by atoms with Crippen molar-refractivity contribution in [2.24, 2.45) is 0 Å². The van der Waals surface area contributed by atoms with E-state index in [1.54, 1.807) is 0 Å². The van der Waals surface area contributed by atoms with Crippen LogP contribution in [0.2, 0.25) is 0 Å². The first-order valence-corrected chi connectivity index (χ1v) is 6.69. The van der Waals surface area contributed by atoms with Crippen LogP contribution in [0, 0.1) is 0 Å². The molecular weight excluding hydrogens is 230 g/mol. The minimum Gasteiger partial charge on any atom is -0.548 e. The van der Waals surface area contributed by atoms with Crippen LogP contribution in [-0.4, -0.2) is 17.9 Å². The van der Waals surface area contributed by atoms with E-state index in [9.17, 15) is 14.7 Å². The molecule has 1 N–H and O–H groups in total. The molecule has 4 heteroatoms. The minimum absolute atomic E-state index is 0.210. The van der Waals surface area contributed by atoms with Crippen molar-refractivity contribution in [1.82, 2.24) is 5.32 Å². The average molecular weight is 254 g/mol. The van der Waals surface area contributed by atoms with Crippen LogP contribution in [-0.2, 0) is 9.59 Å². The average Bonchev–Trinajstić information content (AvgIpc) is 2.32. The summed E-state index contributed by atoms with van der Waals surface area (Å²) in [7, 11) is 0. The topological polar surface area (TPSA) is 69.2 Å². The number of carboxylic acid groups (broad SMARTS) is 1. The van der Waals surface area contributed by atoms with E-state index in [0.717, 1.165) is 25.7 Å². The standard InChI is InChI=1S/C14H25NO3/c1-3-4-5-6-7-8-9-10-11-13(16)15-12(2)14(17)18/h3,12H,1,4-11H2,2H3,(H,15,16)(H,17,18)/p-1/t12-/m0/s1. The van der Waals surface area contributed by atoms with Crippen molar-refractivity contribution in [3.63, 3.8) is 0 Å². The first-order chi connectivity index (χ1) is 8.57. The maximum atomic E-state index is 11.3. The number of aliphatic carboxylic acids is 1. The van der Waals surface area contributed by atoms with Gasteiger partial charge in [-0.05, 0) is 26.2 Å². The largest absolute Gasteiger partial charge is 0.548 e. The molecule has 0 aliphatic heterocycles. The van der Waals surface area contributed by atoms with Gasteiger partial charge in [0.2, 0.25) is 5.91 Å². The van der Waals surface area contributed by atoms with Crippen molar-refractivity contribution >= 4 is 11.9 Å². The molecule has 0 spiro atoms. The molecule has 1 amide bonds. The molecule has 4 nitrogen and oxygen atoms in total. The lowest BCUT2D eigenvalue weighted by Crippen LogP contribution is -2.45. The van der Waals surface area contributed by atoms with E-state index in [1.807, 2.05) is 6.08 Å². The SMILES string of the molecule is C=CCCCCCCCCC(=O)N[C@@H](C)C(=O)[O-]. The van der Waals surface area contributed by atoms with Gasteiger partial charge in [-0.25, -0.2) is 0 Å². The number of rotatable bonds is 11. The predicted molar refractivity (Wildman–Crippen MR) is 69.7 cm³/mol. The Labute approximate surface area is 109 Å². The third-order valence-electron chi connectivity index (χ3n) is 2.79. The van der Waals surface area contributed by atoms with Gasteiger partial charge in [0.05, 0.1) is 12.0 Å². The smallest absolute Gasteiger partial charge is 0.220 e. The highest BCUT2D eigenvalue weighted by Crippen LogP contribution is 2.08. The summed E-state index contributed by atoms with van der Waals surface area (Å²) in [6.07, 6.45) is 9.93. The molecule has 0 unspecified atom stereocenters. The highest BCUT2D eigenvalue weighted by molar-refractivity contribution is 5.82. The molecular formula is C14H24NO3-. The summed E-state index contributed by atoms with van der Waals surface area (Å²) in [5.74, 6) is -1.45. The quantitative estimate of drug-likeness (QED) is 0.449. The Morgan fingerprint density at radius 3 is 2.28 bits per heavy atom. The van der Waals surface area contributed by atoms with Crippen molar-refractivity contribution < 1.29 is 14.7 Å². The zero-order valence-electron chi connectivity index (χ0n) is 11.2. The third kappa shape index (κ3) is 9.87. The molecule has 0 fully saturated rings. The molecule has 0 radical (unpaired) electrons. The van der Waals surface area contributed by atoms with E-state index >= 15 is 0 Å². The van der Waals surface area contributed by atoms with E-state index < -0.39 is 12.0 Å². The second-order valence-electron chi connectivity index (χ2n) is 4.56. The number of carboxylic acids is 1. The zero-order valence-corrected chi connectivity index (χ0v) is 11.2. The monoisotopic (exact) mass is 254 g/mol. The molecule has 0 aliphatic rings. The van der Waals surface area contributed by atoms with Crippen LogP contribution >= 0.6 is 0 Å². The summed E-state index contributed by atoms with van der Waals surface area (Å²) in [5.41, 5.74) is 0. The second kappa shape index (κ2) is 10.8. The number of hydrogen-bond donors (Lipinski definition) is 1. The Morgan fingerprint density at radius 1 is 1.17 bits per heavy atom. The van der Waals surface area contributed by atoms with Crippen molar-refractivity contribution in [3.05, 3.63) is 12.7 Å². The summed E-state index contributed by atoms with van der Waals surface area (Å²) in [6.45, 7) is 5.08. The van der Waals surface area contributed by atoms with E-state index in [0.29, 0.717) is 6.42 Å². The minimum atomic E-state index is -1.24. The van der Waals surface area contributed by atoms with Crippen LogP contribution in [0.3, 0.4) is 0 Å². The fourth-order valence-corrected chi connectivity index (χ4v) is 1.65. The Morgan fingerprint density at radius 2 is 1.72 bits per heavy atom. The normalized spacial score (nSPS) is 11.8. The third-order valence-corrected chi connectivity index (χ3v) is 2.79. The van der Waals surface area contributed by atoms with Crippen molar-refractivity contribution in [1.29, 1.82) is 0 Å². The number of hydrogen-bond acceptors (Lipinski definition) is 3. The molecule has 0 bridgehead atoms. The fraction of sp³-hybridized carbons (Fsp3) is 0.714. The first kappa shape index (κ1) is 16.7. The number of carbonyl (C=O) groups excluding carboxylic acids is 2. The van der Waals surface area contributed by atoms with Gasteiger partial charge >= 0.3 is 0 Å². The van der Waals surface area contributed by atoms with Gasteiger partial charge in [0.1, 0.15) is 0 Å². The van der Waals surface area contributed by atoms with Gasteiger partial charge in [-0.1, -0.05) is 31.8 Å². The molecule has 0 aromatic heterocycles. The molecule has 1 atom stereocenters. The van der Waals surface area contributed by atoms with Gasteiger partial charge in [-0.2, -0.15) is 0 Å². The Bertz CT molecular complexity index is 264. The molecule has 0 saturated carbocycles. The zero-order chi connectivity index (χ0) is 13.8. The maximum Gasteiger partial charge on any atom is 0.220 e. The van der Waals surface area contributed by atoms with E-state index in [-0.39, 0.29) is 5.91 Å². The Kier molecular flexibility index (Phi) is 10.0. The maximum absolute atomic E-state index is 11.3. The lowest BCUT2D eigenvalue weighted by molar-refractivity contribution is -0.307. The summed E-state index contributed by atoms with van der Waals surface area (Å²) in [4.78, 5) is 21.7.